The molecule has 0 bridgehead atoms. The lowest BCUT2D eigenvalue weighted by atomic mass is 9.87. The molecular formula is C30H44N4O4. The second kappa shape index (κ2) is 12.1. The second-order valence-corrected chi connectivity index (χ2v) is 11.5. The number of carbonyl (C=O) groups is 2. The van der Waals surface area contributed by atoms with Gasteiger partial charge >= 0.3 is 11.7 Å². The van der Waals surface area contributed by atoms with Crippen LogP contribution in [0.2, 0.25) is 0 Å². The minimum atomic E-state index is -0.525. The highest BCUT2D eigenvalue weighted by Crippen LogP contribution is 2.35. The summed E-state index contributed by atoms with van der Waals surface area (Å²) >= 11 is 0. The molecule has 8 nitrogen and oxygen atoms in total. The number of hydrogen-bond donors (Lipinski definition) is 0. The van der Waals surface area contributed by atoms with Crippen molar-refractivity contribution in [3.63, 3.8) is 0 Å². The van der Waals surface area contributed by atoms with Crippen molar-refractivity contribution in [3.05, 3.63) is 34.7 Å². The number of rotatable bonds is 6. The molecule has 3 atom stereocenters. The lowest BCUT2D eigenvalue weighted by Gasteiger charge is -2.41. The number of piperidine rings is 1. The van der Waals surface area contributed by atoms with Gasteiger partial charge in [-0.05, 0) is 57.1 Å². The largest absolute Gasteiger partial charge is 0.467 e. The topological polar surface area (TPSA) is 76.8 Å². The van der Waals surface area contributed by atoms with Gasteiger partial charge in [0.2, 0.25) is 5.91 Å². The molecule has 0 spiro atoms. The lowest BCUT2D eigenvalue weighted by molar-refractivity contribution is -0.153. The van der Waals surface area contributed by atoms with Gasteiger partial charge in [0.15, 0.2) is 0 Å². The molecule has 2 aliphatic heterocycles. The third-order valence-electron chi connectivity index (χ3n) is 9.24. The Bertz CT molecular complexity index is 1180. The first-order valence-electron chi connectivity index (χ1n) is 14.8. The molecule has 0 unspecified atom stereocenters. The number of nitrogens with zero attached hydrogens (tertiary/aromatic N) is 4. The summed E-state index contributed by atoms with van der Waals surface area (Å²) < 4.78 is 8.75. The Morgan fingerprint density at radius 2 is 1.63 bits per heavy atom. The van der Waals surface area contributed by atoms with Crippen molar-refractivity contribution in [1.82, 2.24) is 18.9 Å². The molecule has 1 aromatic carbocycles. The molecular weight excluding hydrogens is 480 g/mol. The normalized spacial score (nSPS) is 25.8. The van der Waals surface area contributed by atoms with Crippen LogP contribution >= 0.6 is 0 Å². The summed E-state index contributed by atoms with van der Waals surface area (Å²) in [5.41, 5.74) is 1.76. The number of benzene rings is 1. The maximum Gasteiger partial charge on any atom is 0.329 e. The fourth-order valence-corrected chi connectivity index (χ4v) is 7.30. The number of esters is 1. The first kappa shape index (κ1) is 27.0. The maximum absolute atomic E-state index is 14.2. The van der Waals surface area contributed by atoms with Crippen molar-refractivity contribution in [3.8, 4) is 0 Å². The molecule has 208 valence electrons. The van der Waals surface area contributed by atoms with Crippen LogP contribution in [0.3, 0.4) is 0 Å². The monoisotopic (exact) mass is 524 g/mol. The first-order valence-corrected chi connectivity index (χ1v) is 14.8. The molecule has 1 aromatic heterocycles. The quantitative estimate of drug-likeness (QED) is 0.529. The molecule has 3 fully saturated rings. The maximum atomic E-state index is 14.2. The second-order valence-electron chi connectivity index (χ2n) is 11.5. The molecule has 3 heterocycles. The predicted molar refractivity (Wildman–Crippen MR) is 148 cm³/mol. The van der Waals surface area contributed by atoms with Gasteiger partial charge in [-0.15, -0.1) is 0 Å². The van der Waals surface area contributed by atoms with E-state index in [0.29, 0.717) is 32.0 Å². The number of aromatic nitrogens is 2. The van der Waals surface area contributed by atoms with Gasteiger partial charge in [0.25, 0.3) is 0 Å². The molecule has 5 rings (SSSR count). The van der Waals surface area contributed by atoms with Crippen molar-refractivity contribution >= 4 is 22.9 Å². The van der Waals surface area contributed by atoms with E-state index >= 15 is 0 Å². The Hall–Kier alpha value is -2.61. The van der Waals surface area contributed by atoms with E-state index in [9.17, 15) is 14.4 Å². The fourth-order valence-electron chi connectivity index (χ4n) is 7.30. The van der Waals surface area contributed by atoms with Gasteiger partial charge in [0.1, 0.15) is 6.04 Å². The smallest absolute Gasteiger partial charge is 0.329 e. The van der Waals surface area contributed by atoms with Crippen molar-refractivity contribution in [2.45, 2.75) is 89.8 Å². The Morgan fingerprint density at radius 3 is 2.34 bits per heavy atom. The standard InChI is InChI=1S/C30H44N4O4/c1-3-32-25-14-9-10-15-26(25)34(30(32)37)24-17-19-31(20-22-12-7-5-4-6-8-13-22)21-23(24)28(35)33-18-11-16-27(33)29(36)38-2/h9-10,14-15,22-24,27H,3-8,11-13,16-21H2,1-2H3/t23-,24-,27-/m0/s1. The van der Waals surface area contributed by atoms with Crippen LogP contribution in [0, 0.1) is 11.8 Å². The Kier molecular flexibility index (Phi) is 8.56. The molecule has 0 N–H and O–H groups in total. The van der Waals surface area contributed by atoms with E-state index < -0.39 is 6.04 Å². The SMILES string of the molecule is CCn1c(=O)n([C@H]2CCN(CC3CCCCCCC3)C[C@@H]2C(=O)N2CCC[C@H]2C(=O)OC)c2ccccc21. The Balaban J connectivity index is 1.47. The van der Waals surface area contributed by atoms with Crippen LogP contribution in [0.4, 0.5) is 0 Å². The van der Waals surface area contributed by atoms with Crippen LogP contribution in [0.25, 0.3) is 11.0 Å². The van der Waals surface area contributed by atoms with Gasteiger partial charge < -0.3 is 14.5 Å². The molecule has 8 heteroatoms. The number of para-hydroxylation sites is 2. The number of aryl methyl sites for hydroxylation is 1. The highest BCUT2D eigenvalue weighted by Gasteiger charge is 2.44. The van der Waals surface area contributed by atoms with E-state index in [1.807, 2.05) is 40.3 Å². The number of imidazole rings is 1. The zero-order valence-electron chi connectivity index (χ0n) is 23.1. The molecule has 2 aromatic rings. The van der Waals surface area contributed by atoms with Crippen LogP contribution in [-0.4, -0.2) is 70.1 Å². The molecule has 3 aliphatic rings. The van der Waals surface area contributed by atoms with Crippen LogP contribution in [-0.2, 0) is 20.9 Å². The average molecular weight is 525 g/mol. The van der Waals surface area contributed by atoms with E-state index in [1.54, 1.807) is 4.90 Å². The Morgan fingerprint density at radius 1 is 0.921 bits per heavy atom. The zero-order valence-corrected chi connectivity index (χ0v) is 23.1. The number of carbonyl (C=O) groups excluding carboxylic acids is 2. The van der Waals surface area contributed by atoms with E-state index in [0.717, 1.165) is 37.0 Å². The van der Waals surface area contributed by atoms with Crippen molar-refractivity contribution < 1.29 is 14.3 Å². The van der Waals surface area contributed by atoms with Gasteiger partial charge in [-0.2, -0.15) is 0 Å². The summed E-state index contributed by atoms with van der Waals surface area (Å²) in [6.07, 6.45) is 11.3. The van der Waals surface area contributed by atoms with Gasteiger partial charge in [-0.3, -0.25) is 13.9 Å². The van der Waals surface area contributed by atoms with Gasteiger partial charge in [-0.25, -0.2) is 9.59 Å². The highest BCUT2D eigenvalue weighted by atomic mass is 16.5. The Labute approximate surface area is 225 Å². The lowest BCUT2D eigenvalue weighted by Crippen LogP contribution is -2.53. The van der Waals surface area contributed by atoms with Crippen molar-refractivity contribution in [2.75, 3.05) is 33.3 Å². The van der Waals surface area contributed by atoms with E-state index in [4.69, 9.17) is 4.74 Å². The van der Waals surface area contributed by atoms with Crippen LogP contribution in [0.1, 0.15) is 77.2 Å². The summed E-state index contributed by atoms with van der Waals surface area (Å²) in [4.78, 5) is 44.7. The van der Waals surface area contributed by atoms with Gasteiger partial charge in [-0.1, -0.05) is 44.2 Å². The van der Waals surface area contributed by atoms with E-state index in [1.165, 1.54) is 52.1 Å². The van der Waals surface area contributed by atoms with Gasteiger partial charge in [0, 0.05) is 32.7 Å². The first-order chi connectivity index (χ1) is 18.5. The van der Waals surface area contributed by atoms with E-state index in [2.05, 4.69) is 4.90 Å². The van der Waals surface area contributed by atoms with Crippen LogP contribution in [0.5, 0.6) is 0 Å². The predicted octanol–water partition coefficient (Wildman–Crippen LogP) is 4.21. The fraction of sp³-hybridized carbons (Fsp3) is 0.700. The van der Waals surface area contributed by atoms with Crippen LogP contribution < -0.4 is 5.69 Å². The number of fused-ring (bicyclic) bond motifs is 1. The minimum Gasteiger partial charge on any atom is -0.467 e. The summed E-state index contributed by atoms with van der Waals surface area (Å²) in [6.45, 7) is 5.66. The van der Waals surface area contributed by atoms with Crippen LogP contribution in [0.15, 0.2) is 29.1 Å². The minimum absolute atomic E-state index is 0.00880. The number of likely N-dealkylation sites (tertiary alicyclic amines) is 2. The highest BCUT2D eigenvalue weighted by molar-refractivity contribution is 5.87. The van der Waals surface area contributed by atoms with Gasteiger partial charge in [0.05, 0.1) is 30.1 Å². The summed E-state index contributed by atoms with van der Waals surface area (Å²) in [6, 6.07) is 7.16. The molecule has 1 saturated carbocycles. The number of methoxy groups -OCH3 is 1. The summed E-state index contributed by atoms with van der Waals surface area (Å²) in [7, 11) is 1.39. The third-order valence-corrected chi connectivity index (χ3v) is 9.24. The number of hydrogen-bond acceptors (Lipinski definition) is 5. The zero-order chi connectivity index (χ0) is 26.6. The summed E-state index contributed by atoms with van der Waals surface area (Å²) in [5.74, 6) is -0.0573. The molecule has 1 aliphatic carbocycles. The average Bonchev–Trinajstić information content (AvgIpc) is 3.51. The van der Waals surface area contributed by atoms with Crippen molar-refractivity contribution in [1.29, 1.82) is 0 Å². The molecule has 1 amide bonds. The summed E-state index contributed by atoms with van der Waals surface area (Å²) in [5, 5.41) is 0. The number of ether oxygens (including phenoxy) is 1. The third kappa shape index (κ3) is 5.29. The molecule has 2 saturated heterocycles. The molecule has 0 radical (unpaired) electrons. The molecule has 38 heavy (non-hydrogen) atoms. The van der Waals surface area contributed by atoms with E-state index in [-0.39, 0.29) is 29.5 Å². The van der Waals surface area contributed by atoms with Crippen molar-refractivity contribution in [2.24, 2.45) is 11.8 Å². The number of amides is 1.